The lowest BCUT2D eigenvalue weighted by atomic mass is 10.4. The maximum absolute atomic E-state index is 5.03. The minimum atomic E-state index is 0.546. The predicted octanol–water partition coefficient (Wildman–Crippen LogP) is 0.391. The molecule has 0 bridgehead atoms. The first kappa shape index (κ1) is 6.21. The summed E-state index contributed by atoms with van der Waals surface area (Å²) in [7, 11) is 1.52. The van der Waals surface area contributed by atoms with Gasteiger partial charge < -0.3 is 9.25 Å². The minimum absolute atomic E-state index is 0.546. The molecule has 11 heavy (non-hydrogen) atoms. The molecule has 0 aliphatic carbocycles. The van der Waals surface area contributed by atoms with E-state index in [4.69, 9.17) is 9.25 Å². The maximum atomic E-state index is 5.03. The number of nitrogens with zero attached hydrogens (tertiary/aromatic N) is 3. The molecule has 2 aromatic heterocycles. The van der Waals surface area contributed by atoms with E-state index in [0.717, 1.165) is 11.2 Å². The summed E-state index contributed by atoms with van der Waals surface area (Å²) in [5.41, 5.74) is 2.09. The normalized spacial score (nSPS) is 10.7. The highest BCUT2D eigenvalue weighted by Gasteiger charge is 2.10. The van der Waals surface area contributed by atoms with Crippen LogP contribution < -0.4 is 4.84 Å². The second-order valence-electron chi connectivity index (χ2n) is 2.15. The summed E-state index contributed by atoms with van der Waals surface area (Å²) in [6, 6.07) is 0. The first-order valence-corrected chi connectivity index (χ1v) is 3.16. The summed E-state index contributed by atoms with van der Waals surface area (Å²) in [5, 5.41) is 4.01. The highest BCUT2D eigenvalue weighted by atomic mass is 16.7. The zero-order valence-electron chi connectivity index (χ0n) is 6.24. The molecule has 0 amide bonds. The number of fused-ring (bicyclic) bond motifs is 1. The van der Waals surface area contributed by atoms with Gasteiger partial charge in [-0.2, -0.15) is 0 Å². The van der Waals surface area contributed by atoms with Crippen LogP contribution in [0.2, 0.25) is 0 Å². The standard InChI is InChI=1S/C6H7N3O2/c1-4-5-6(11-3-7-5)9(8-4)10-2/h3H,1-2H3. The summed E-state index contributed by atoms with van der Waals surface area (Å²) in [5.74, 6) is 0. The molecular formula is C6H7N3O2. The molecule has 0 aliphatic heterocycles. The third-order valence-corrected chi connectivity index (χ3v) is 1.48. The summed E-state index contributed by atoms with van der Waals surface area (Å²) in [6.07, 6.45) is 1.37. The molecular weight excluding hydrogens is 146 g/mol. The fourth-order valence-electron chi connectivity index (χ4n) is 0.977. The first-order valence-electron chi connectivity index (χ1n) is 3.16. The van der Waals surface area contributed by atoms with Crippen molar-refractivity contribution >= 4 is 11.2 Å². The van der Waals surface area contributed by atoms with E-state index in [2.05, 4.69) is 10.1 Å². The summed E-state index contributed by atoms with van der Waals surface area (Å²) in [4.78, 5) is 10.1. The molecule has 0 N–H and O–H groups in total. The van der Waals surface area contributed by atoms with Crippen molar-refractivity contribution in [3.8, 4) is 0 Å². The van der Waals surface area contributed by atoms with Gasteiger partial charge in [-0.15, -0.1) is 5.10 Å². The number of rotatable bonds is 1. The lowest BCUT2D eigenvalue weighted by molar-refractivity contribution is 0.135. The van der Waals surface area contributed by atoms with Gasteiger partial charge in [-0.3, -0.25) is 0 Å². The van der Waals surface area contributed by atoms with Gasteiger partial charge in [0.05, 0.1) is 5.69 Å². The third kappa shape index (κ3) is 0.705. The minimum Gasteiger partial charge on any atom is -0.423 e. The molecule has 0 spiro atoms. The largest absolute Gasteiger partial charge is 0.423 e. The Hall–Kier alpha value is -1.52. The fraction of sp³-hybridized carbons (Fsp3) is 0.333. The zero-order chi connectivity index (χ0) is 7.84. The Morgan fingerprint density at radius 2 is 2.45 bits per heavy atom. The number of aromatic nitrogens is 3. The quantitative estimate of drug-likeness (QED) is 0.594. The van der Waals surface area contributed by atoms with E-state index in [1.165, 1.54) is 18.3 Å². The van der Waals surface area contributed by atoms with Crippen LogP contribution in [0.4, 0.5) is 0 Å². The van der Waals surface area contributed by atoms with Gasteiger partial charge in [0.1, 0.15) is 7.11 Å². The van der Waals surface area contributed by atoms with Crippen molar-refractivity contribution in [3.05, 3.63) is 12.1 Å². The van der Waals surface area contributed by atoms with E-state index in [-0.39, 0.29) is 0 Å². The fourth-order valence-corrected chi connectivity index (χ4v) is 0.977. The highest BCUT2D eigenvalue weighted by Crippen LogP contribution is 2.13. The molecule has 2 rings (SSSR count). The van der Waals surface area contributed by atoms with Gasteiger partial charge in [0.25, 0.3) is 5.71 Å². The Morgan fingerprint density at radius 3 is 3.18 bits per heavy atom. The van der Waals surface area contributed by atoms with E-state index in [9.17, 15) is 0 Å². The molecule has 58 valence electrons. The molecule has 0 aliphatic rings. The van der Waals surface area contributed by atoms with E-state index >= 15 is 0 Å². The number of oxazole rings is 1. The Morgan fingerprint density at radius 1 is 1.64 bits per heavy atom. The van der Waals surface area contributed by atoms with E-state index in [1.54, 1.807) is 0 Å². The van der Waals surface area contributed by atoms with Crippen molar-refractivity contribution in [1.82, 2.24) is 14.9 Å². The lowest BCUT2D eigenvalue weighted by Gasteiger charge is -1.93. The first-order chi connectivity index (χ1) is 5.33. The van der Waals surface area contributed by atoms with Gasteiger partial charge in [-0.1, -0.05) is 4.85 Å². The van der Waals surface area contributed by atoms with Crippen molar-refractivity contribution in [2.45, 2.75) is 6.92 Å². The molecule has 0 radical (unpaired) electrons. The monoisotopic (exact) mass is 153 g/mol. The third-order valence-electron chi connectivity index (χ3n) is 1.48. The second-order valence-corrected chi connectivity index (χ2v) is 2.15. The molecule has 0 atom stereocenters. The van der Waals surface area contributed by atoms with Crippen LogP contribution in [0.1, 0.15) is 5.69 Å². The lowest BCUT2D eigenvalue weighted by Crippen LogP contribution is -2.06. The van der Waals surface area contributed by atoms with Gasteiger partial charge in [-0.05, 0) is 6.92 Å². The number of aryl methyl sites for hydroxylation is 1. The van der Waals surface area contributed by atoms with Crippen LogP contribution in [0.25, 0.3) is 11.2 Å². The SMILES string of the molecule is COn1nc(C)c2ncoc21. The Kier molecular flexibility index (Phi) is 1.12. The van der Waals surface area contributed by atoms with Crippen LogP contribution in [0.5, 0.6) is 0 Å². The Balaban J connectivity index is 2.80. The Labute approximate surface area is 62.5 Å². The van der Waals surface area contributed by atoms with Crippen molar-refractivity contribution in [2.75, 3.05) is 7.11 Å². The molecule has 5 nitrogen and oxygen atoms in total. The zero-order valence-corrected chi connectivity index (χ0v) is 6.24. The number of hydrogen-bond acceptors (Lipinski definition) is 4. The van der Waals surface area contributed by atoms with Crippen molar-refractivity contribution in [2.24, 2.45) is 0 Å². The van der Waals surface area contributed by atoms with Crippen molar-refractivity contribution in [3.63, 3.8) is 0 Å². The maximum Gasteiger partial charge on any atom is 0.283 e. The van der Waals surface area contributed by atoms with Crippen LogP contribution in [0.15, 0.2) is 10.8 Å². The molecule has 0 saturated heterocycles. The van der Waals surface area contributed by atoms with Gasteiger partial charge >= 0.3 is 0 Å². The smallest absolute Gasteiger partial charge is 0.283 e. The number of hydrogen-bond donors (Lipinski definition) is 0. The average Bonchev–Trinajstić information content (AvgIpc) is 2.54. The van der Waals surface area contributed by atoms with Crippen molar-refractivity contribution in [1.29, 1.82) is 0 Å². The predicted molar refractivity (Wildman–Crippen MR) is 37.0 cm³/mol. The molecule has 0 unspecified atom stereocenters. The van der Waals surface area contributed by atoms with Gasteiger partial charge in [0.2, 0.25) is 0 Å². The summed E-state index contributed by atoms with van der Waals surface area (Å²) in [6.45, 7) is 1.85. The van der Waals surface area contributed by atoms with Crippen LogP contribution in [-0.2, 0) is 0 Å². The highest BCUT2D eigenvalue weighted by molar-refractivity contribution is 5.70. The van der Waals surface area contributed by atoms with E-state index in [0.29, 0.717) is 5.71 Å². The Bertz CT molecular complexity index is 376. The molecule has 2 aromatic rings. The van der Waals surface area contributed by atoms with Crippen LogP contribution in [0, 0.1) is 6.92 Å². The molecule has 0 fully saturated rings. The van der Waals surface area contributed by atoms with Crippen LogP contribution in [-0.4, -0.2) is 22.0 Å². The van der Waals surface area contributed by atoms with Crippen molar-refractivity contribution < 1.29 is 9.25 Å². The molecule has 0 aromatic carbocycles. The second kappa shape index (κ2) is 1.98. The average molecular weight is 153 g/mol. The van der Waals surface area contributed by atoms with Gasteiger partial charge in [0.15, 0.2) is 11.9 Å². The molecule has 0 saturated carbocycles. The summed E-state index contributed by atoms with van der Waals surface area (Å²) < 4.78 is 5.03. The topological polar surface area (TPSA) is 53.1 Å². The van der Waals surface area contributed by atoms with Crippen LogP contribution in [0.3, 0.4) is 0 Å². The van der Waals surface area contributed by atoms with E-state index < -0.39 is 0 Å². The van der Waals surface area contributed by atoms with E-state index in [1.807, 2.05) is 6.92 Å². The van der Waals surface area contributed by atoms with Gasteiger partial charge in [-0.25, -0.2) is 4.98 Å². The summed E-state index contributed by atoms with van der Waals surface area (Å²) >= 11 is 0. The van der Waals surface area contributed by atoms with Gasteiger partial charge in [0, 0.05) is 0 Å². The van der Waals surface area contributed by atoms with Crippen LogP contribution >= 0.6 is 0 Å². The molecule has 2 heterocycles. The molecule has 5 heteroatoms.